The van der Waals surface area contributed by atoms with Crippen LogP contribution in [0, 0.1) is 0 Å². The maximum Gasteiger partial charge on any atom is 0.253 e. The Balaban J connectivity index is 2.63. The van der Waals surface area contributed by atoms with Crippen LogP contribution in [0.2, 0.25) is 0 Å². The minimum Gasteiger partial charge on any atom is -0.229 e. The van der Waals surface area contributed by atoms with E-state index >= 15 is 0 Å². The van der Waals surface area contributed by atoms with Crippen molar-refractivity contribution in [1.82, 2.24) is 9.84 Å². The summed E-state index contributed by atoms with van der Waals surface area (Å²) in [5.74, 6) is 0. The SMILES string of the molecule is CN1Cc2ccccc2S(=O)(=O)N1. The summed E-state index contributed by atoms with van der Waals surface area (Å²) in [6.45, 7) is 0.607. The lowest BCUT2D eigenvalue weighted by Crippen LogP contribution is -2.43. The van der Waals surface area contributed by atoms with Gasteiger partial charge in [0.15, 0.2) is 0 Å². The van der Waals surface area contributed by atoms with Gasteiger partial charge in [-0.3, -0.25) is 0 Å². The van der Waals surface area contributed by atoms with Crippen molar-refractivity contribution < 1.29 is 8.42 Å². The first-order valence-electron chi connectivity index (χ1n) is 3.91. The van der Waals surface area contributed by atoms with Crippen molar-refractivity contribution in [2.45, 2.75) is 11.4 Å². The summed E-state index contributed by atoms with van der Waals surface area (Å²) in [7, 11) is -1.61. The quantitative estimate of drug-likeness (QED) is 0.653. The Hall–Kier alpha value is -0.910. The number of fused-ring (bicyclic) bond motifs is 1. The lowest BCUT2D eigenvalue weighted by molar-refractivity contribution is 0.276. The molecule has 0 saturated carbocycles. The van der Waals surface area contributed by atoms with E-state index in [-0.39, 0.29) is 0 Å². The van der Waals surface area contributed by atoms with Crippen LogP contribution in [0.15, 0.2) is 29.2 Å². The minimum absolute atomic E-state index is 0.383. The van der Waals surface area contributed by atoms with E-state index in [1.807, 2.05) is 12.1 Å². The van der Waals surface area contributed by atoms with E-state index in [0.717, 1.165) is 5.56 Å². The summed E-state index contributed by atoms with van der Waals surface area (Å²) in [5, 5.41) is 1.55. The lowest BCUT2D eigenvalue weighted by Gasteiger charge is -2.25. The van der Waals surface area contributed by atoms with Gasteiger partial charge in [0, 0.05) is 13.6 Å². The van der Waals surface area contributed by atoms with Crippen LogP contribution < -0.4 is 4.83 Å². The summed E-state index contributed by atoms with van der Waals surface area (Å²) in [6, 6.07) is 7.01. The number of hydrazine groups is 1. The second-order valence-corrected chi connectivity index (χ2v) is 4.69. The van der Waals surface area contributed by atoms with Gasteiger partial charge in [0.2, 0.25) is 0 Å². The van der Waals surface area contributed by atoms with Gasteiger partial charge in [-0.1, -0.05) is 18.2 Å². The van der Waals surface area contributed by atoms with E-state index in [2.05, 4.69) is 4.83 Å². The fraction of sp³-hybridized carbons (Fsp3) is 0.250. The predicted molar refractivity (Wildman–Crippen MR) is 48.2 cm³/mol. The van der Waals surface area contributed by atoms with Gasteiger partial charge in [0.05, 0.1) is 4.90 Å². The molecule has 1 aliphatic heterocycles. The molecular weight excluding hydrogens is 188 g/mol. The molecule has 0 amide bonds. The van der Waals surface area contributed by atoms with Crippen molar-refractivity contribution in [3.63, 3.8) is 0 Å². The van der Waals surface area contributed by atoms with Gasteiger partial charge in [-0.25, -0.2) is 13.4 Å². The fourth-order valence-corrected chi connectivity index (χ4v) is 2.75. The number of nitrogens with one attached hydrogen (secondary N) is 1. The molecule has 1 heterocycles. The highest BCUT2D eigenvalue weighted by Crippen LogP contribution is 2.20. The number of rotatable bonds is 0. The Bertz CT molecular complexity index is 428. The average molecular weight is 198 g/mol. The fourth-order valence-electron chi connectivity index (χ4n) is 1.44. The van der Waals surface area contributed by atoms with Crippen molar-refractivity contribution in [1.29, 1.82) is 0 Å². The maximum atomic E-state index is 11.5. The second kappa shape index (κ2) is 2.80. The van der Waals surface area contributed by atoms with Gasteiger partial charge < -0.3 is 0 Å². The molecule has 0 saturated heterocycles. The zero-order valence-corrected chi connectivity index (χ0v) is 8.00. The van der Waals surface area contributed by atoms with Gasteiger partial charge in [0.1, 0.15) is 0 Å². The molecule has 1 aromatic carbocycles. The van der Waals surface area contributed by atoms with Crippen LogP contribution in [-0.2, 0) is 16.6 Å². The minimum atomic E-state index is -3.32. The van der Waals surface area contributed by atoms with E-state index in [0.29, 0.717) is 11.4 Å². The zero-order chi connectivity index (χ0) is 9.47. The van der Waals surface area contributed by atoms with Crippen LogP contribution in [0.5, 0.6) is 0 Å². The molecule has 1 aromatic rings. The molecule has 1 N–H and O–H groups in total. The first kappa shape index (κ1) is 8.68. The van der Waals surface area contributed by atoms with Crippen molar-refractivity contribution in [3.05, 3.63) is 29.8 Å². The van der Waals surface area contributed by atoms with E-state index in [9.17, 15) is 8.42 Å². The Kier molecular flexibility index (Phi) is 1.87. The van der Waals surface area contributed by atoms with Crippen LogP contribution in [0.1, 0.15) is 5.56 Å². The maximum absolute atomic E-state index is 11.5. The molecule has 13 heavy (non-hydrogen) atoms. The number of hydrogen-bond acceptors (Lipinski definition) is 3. The van der Waals surface area contributed by atoms with Crippen LogP contribution in [-0.4, -0.2) is 20.5 Å². The van der Waals surface area contributed by atoms with Gasteiger partial charge in [-0.05, 0) is 11.6 Å². The molecular formula is C8H10N2O2S. The Morgan fingerprint density at radius 2 is 2.08 bits per heavy atom. The Morgan fingerprint density at radius 1 is 1.38 bits per heavy atom. The van der Waals surface area contributed by atoms with Gasteiger partial charge in [-0.15, -0.1) is 4.83 Å². The topological polar surface area (TPSA) is 49.4 Å². The molecule has 0 atom stereocenters. The molecule has 0 unspecified atom stereocenters. The number of benzene rings is 1. The Labute approximate surface area is 77.2 Å². The third-order valence-corrected chi connectivity index (χ3v) is 3.47. The van der Waals surface area contributed by atoms with E-state index in [1.165, 1.54) is 0 Å². The summed E-state index contributed by atoms with van der Waals surface area (Å²) in [6.07, 6.45) is 0. The molecule has 0 radical (unpaired) electrons. The van der Waals surface area contributed by atoms with Crippen molar-refractivity contribution in [2.24, 2.45) is 0 Å². The first-order chi connectivity index (χ1) is 6.09. The van der Waals surface area contributed by atoms with Crippen LogP contribution in [0.3, 0.4) is 0 Å². The molecule has 0 aliphatic carbocycles. The molecule has 5 heteroatoms. The smallest absolute Gasteiger partial charge is 0.229 e. The molecule has 2 rings (SSSR count). The van der Waals surface area contributed by atoms with E-state index in [1.54, 1.807) is 24.2 Å². The van der Waals surface area contributed by atoms with Crippen molar-refractivity contribution >= 4 is 10.0 Å². The van der Waals surface area contributed by atoms with Crippen molar-refractivity contribution in [3.8, 4) is 0 Å². The normalized spacial score (nSPS) is 21.0. The van der Waals surface area contributed by atoms with Gasteiger partial charge >= 0.3 is 0 Å². The van der Waals surface area contributed by atoms with Gasteiger partial charge in [-0.2, -0.15) is 0 Å². The standard InChI is InChI=1S/C8H10N2O2S/c1-10-6-7-4-2-3-5-8(7)13(11,12)9-10/h2-5,9H,6H2,1H3. The van der Waals surface area contributed by atoms with Crippen LogP contribution in [0.4, 0.5) is 0 Å². The highest BCUT2D eigenvalue weighted by Gasteiger charge is 2.24. The van der Waals surface area contributed by atoms with Gasteiger partial charge in [0.25, 0.3) is 10.0 Å². The predicted octanol–water partition coefficient (Wildman–Crippen LogP) is 0.325. The van der Waals surface area contributed by atoms with Crippen LogP contribution >= 0.6 is 0 Å². The number of nitrogens with zero attached hydrogens (tertiary/aromatic N) is 1. The second-order valence-electron chi connectivity index (χ2n) is 3.06. The number of hydrogen-bond donors (Lipinski definition) is 1. The summed E-state index contributed by atoms with van der Waals surface area (Å²) < 4.78 is 23.1. The third-order valence-electron chi connectivity index (χ3n) is 1.95. The van der Waals surface area contributed by atoms with E-state index < -0.39 is 10.0 Å². The molecule has 0 fully saturated rings. The highest BCUT2D eigenvalue weighted by molar-refractivity contribution is 7.89. The molecule has 0 aromatic heterocycles. The number of sulfonamides is 1. The Morgan fingerprint density at radius 3 is 2.85 bits per heavy atom. The largest absolute Gasteiger partial charge is 0.253 e. The van der Waals surface area contributed by atoms with E-state index in [4.69, 9.17) is 0 Å². The molecule has 0 spiro atoms. The van der Waals surface area contributed by atoms with Crippen LogP contribution in [0.25, 0.3) is 0 Å². The summed E-state index contributed by atoms with van der Waals surface area (Å²) in [4.78, 5) is 2.80. The molecule has 0 bridgehead atoms. The monoisotopic (exact) mass is 198 g/mol. The summed E-state index contributed by atoms with van der Waals surface area (Å²) in [5.41, 5.74) is 0.837. The first-order valence-corrected chi connectivity index (χ1v) is 5.39. The lowest BCUT2D eigenvalue weighted by atomic mass is 10.2. The highest BCUT2D eigenvalue weighted by atomic mass is 32.2. The third kappa shape index (κ3) is 1.46. The summed E-state index contributed by atoms with van der Waals surface area (Å²) >= 11 is 0. The van der Waals surface area contributed by atoms with Crippen molar-refractivity contribution in [2.75, 3.05) is 7.05 Å². The zero-order valence-electron chi connectivity index (χ0n) is 7.19. The molecule has 4 nitrogen and oxygen atoms in total. The molecule has 70 valence electrons. The average Bonchev–Trinajstić information content (AvgIpc) is 2.02. The molecule has 1 aliphatic rings.